The molecule has 23 heavy (non-hydrogen) atoms. The van der Waals surface area contributed by atoms with Crippen LogP contribution >= 0.6 is 0 Å². The van der Waals surface area contributed by atoms with E-state index in [-0.39, 0.29) is 6.10 Å². The molecule has 2 heterocycles. The molecule has 2 unspecified atom stereocenters. The van der Waals surface area contributed by atoms with Crippen LogP contribution in [0.5, 0.6) is 5.75 Å². The molecular formula is C19H20N2O2. The summed E-state index contributed by atoms with van der Waals surface area (Å²) in [4.78, 5) is 4.62. The van der Waals surface area contributed by atoms with Gasteiger partial charge in [0.25, 0.3) is 0 Å². The van der Waals surface area contributed by atoms with Gasteiger partial charge in [0, 0.05) is 11.9 Å². The number of benzene rings is 1. The van der Waals surface area contributed by atoms with E-state index in [9.17, 15) is 5.11 Å². The molecule has 118 valence electrons. The fourth-order valence-corrected chi connectivity index (χ4v) is 3.35. The minimum Gasteiger partial charge on any atom is -0.479 e. The average molecular weight is 308 g/mol. The van der Waals surface area contributed by atoms with Crippen molar-refractivity contribution in [1.29, 1.82) is 0 Å². The number of hydrogen-bond acceptors (Lipinski definition) is 3. The predicted octanol–water partition coefficient (Wildman–Crippen LogP) is 3.38. The van der Waals surface area contributed by atoms with Crippen LogP contribution in [0.1, 0.15) is 35.0 Å². The highest BCUT2D eigenvalue weighted by Crippen LogP contribution is 2.35. The van der Waals surface area contributed by atoms with Crippen LogP contribution in [0.2, 0.25) is 0 Å². The van der Waals surface area contributed by atoms with Gasteiger partial charge in [0.2, 0.25) is 0 Å². The number of aliphatic hydroxyl groups excluding tert-OH is 1. The zero-order valence-electron chi connectivity index (χ0n) is 13.4. The molecule has 0 saturated heterocycles. The lowest BCUT2D eigenvalue weighted by molar-refractivity contribution is 0.0234. The van der Waals surface area contributed by atoms with Gasteiger partial charge in [0.15, 0.2) is 11.4 Å². The molecule has 4 nitrogen and oxygen atoms in total. The molecule has 1 aliphatic carbocycles. The van der Waals surface area contributed by atoms with Crippen molar-refractivity contribution in [3.05, 3.63) is 65.1 Å². The van der Waals surface area contributed by atoms with Gasteiger partial charge in [-0.1, -0.05) is 24.3 Å². The Kier molecular flexibility index (Phi) is 3.34. The van der Waals surface area contributed by atoms with Crippen LogP contribution in [0.4, 0.5) is 0 Å². The van der Waals surface area contributed by atoms with Crippen molar-refractivity contribution in [2.24, 2.45) is 0 Å². The molecule has 0 radical (unpaired) electrons. The largest absolute Gasteiger partial charge is 0.479 e. The highest BCUT2D eigenvalue weighted by molar-refractivity contribution is 5.56. The van der Waals surface area contributed by atoms with Crippen LogP contribution in [-0.4, -0.2) is 20.6 Å². The summed E-state index contributed by atoms with van der Waals surface area (Å²) >= 11 is 0. The van der Waals surface area contributed by atoms with Crippen LogP contribution in [-0.2, 0) is 6.42 Å². The van der Waals surface area contributed by atoms with Crippen molar-refractivity contribution >= 4 is 5.65 Å². The molecule has 2 atom stereocenters. The summed E-state index contributed by atoms with van der Waals surface area (Å²) in [5.41, 5.74) is 5.23. The third-order valence-electron chi connectivity index (χ3n) is 4.76. The van der Waals surface area contributed by atoms with E-state index in [1.165, 1.54) is 5.56 Å². The smallest absolute Gasteiger partial charge is 0.180 e. The summed E-state index contributed by atoms with van der Waals surface area (Å²) in [5.74, 6) is 0.712. The van der Waals surface area contributed by atoms with Crippen LogP contribution < -0.4 is 4.74 Å². The SMILES string of the molecule is Cc1nc2c(OC3c4ccccc4CCC3O)cccn2c1C. The maximum Gasteiger partial charge on any atom is 0.180 e. The van der Waals surface area contributed by atoms with E-state index in [1.54, 1.807) is 0 Å². The number of aliphatic hydroxyl groups is 1. The number of pyridine rings is 1. The number of imidazole rings is 1. The van der Waals surface area contributed by atoms with Crippen molar-refractivity contribution < 1.29 is 9.84 Å². The van der Waals surface area contributed by atoms with Crippen LogP contribution in [0.15, 0.2) is 42.6 Å². The van der Waals surface area contributed by atoms with Crippen molar-refractivity contribution in [3.63, 3.8) is 0 Å². The monoisotopic (exact) mass is 308 g/mol. The first-order valence-corrected chi connectivity index (χ1v) is 8.02. The lowest BCUT2D eigenvalue weighted by Crippen LogP contribution is -2.29. The number of fused-ring (bicyclic) bond motifs is 2. The zero-order valence-corrected chi connectivity index (χ0v) is 13.4. The van der Waals surface area contributed by atoms with E-state index in [0.717, 1.165) is 35.4 Å². The molecule has 3 aromatic rings. The second-order valence-electron chi connectivity index (χ2n) is 6.19. The Morgan fingerprint density at radius 1 is 1.17 bits per heavy atom. The minimum atomic E-state index is -0.498. The third-order valence-corrected chi connectivity index (χ3v) is 4.76. The van der Waals surface area contributed by atoms with Crippen molar-refractivity contribution in [2.75, 3.05) is 0 Å². The average Bonchev–Trinajstić information content (AvgIpc) is 2.86. The Balaban J connectivity index is 1.78. The van der Waals surface area contributed by atoms with E-state index >= 15 is 0 Å². The summed E-state index contributed by atoms with van der Waals surface area (Å²) in [5, 5.41) is 10.5. The Morgan fingerprint density at radius 3 is 2.87 bits per heavy atom. The molecule has 0 aliphatic heterocycles. The van der Waals surface area contributed by atoms with Gasteiger partial charge in [-0.15, -0.1) is 0 Å². The topological polar surface area (TPSA) is 46.8 Å². The third kappa shape index (κ3) is 2.30. The number of hydrogen-bond donors (Lipinski definition) is 1. The molecule has 0 amide bonds. The van der Waals surface area contributed by atoms with Gasteiger partial charge in [-0.2, -0.15) is 0 Å². The first kappa shape index (κ1) is 14.3. The summed E-state index contributed by atoms with van der Waals surface area (Å²) < 4.78 is 8.28. The molecular weight excluding hydrogens is 288 g/mol. The summed E-state index contributed by atoms with van der Waals surface area (Å²) in [6.07, 6.45) is 2.76. The number of ether oxygens (including phenoxy) is 1. The number of aromatic nitrogens is 2. The van der Waals surface area contributed by atoms with Gasteiger partial charge < -0.3 is 14.2 Å². The Labute approximate surface area is 135 Å². The van der Waals surface area contributed by atoms with Gasteiger partial charge in [-0.05, 0) is 49.9 Å². The minimum absolute atomic E-state index is 0.344. The van der Waals surface area contributed by atoms with Gasteiger partial charge in [0.1, 0.15) is 6.10 Å². The molecule has 1 aromatic carbocycles. The molecule has 0 fully saturated rings. The maximum atomic E-state index is 10.5. The highest BCUT2D eigenvalue weighted by Gasteiger charge is 2.30. The standard InChI is InChI=1S/C19H20N2O2/c1-12-13(2)21-11-5-8-17(19(21)20-12)23-18-15-7-4-3-6-14(15)9-10-16(18)22/h3-8,11,16,18,22H,9-10H2,1-2H3. The fourth-order valence-electron chi connectivity index (χ4n) is 3.35. The van der Waals surface area contributed by atoms with Gasteiger partial charge in [0.05, 0.1) is 11.8 Å². The predicted molar refractivity (Wildman–Crippen MR) is 88.8 cm³/mol. The summed E-state index contributed by atoms with van der Waals surface area (Å²) in [6.45, 7) is 4.04. The van der Waals surface area contributed by atoms with E-state index in [1.807, 2.05) is 54.8 Å². The highest BCUT2D eigenvalue weighted by atomic mass is 16.5. The molecule has 4 rings (SSSR count). The molecule has 1 N–H and O–H groups in total. The van der Waals surface area contributed by atoms with E-state index in [2.05, 4.69) is 11.1 Å². The summed E-state index contributed by atoms with van der Waals surface area (Å²) in [7, 11) is 0. The second-order valence-corrected chi connectivity index (χ2v) is 6.19. The van der Waals surface area contributed by atoms with Crippen molar-refractivity contribution in [2.45, 2.75) is 38.9 Å². The molecule has 0 saturated carbocycles. The lowest BCUT2D eigenvalue weighted by atomic mass is 9.87. The first-order chi connectivity index (χ1) is 11.1. The normalized spacial score (nSPS) is 20.5. The molecule has 0 spiro atoms. The quantitative estimate of drug-likeness (QED) is 0.789. The molecule has 0 bridgehead atoms. The fraction of sp³-hybridized carbons (Fsp3) is 0.316. The van der Waals surface area contributed by atoms with Crippen LogP contribution in [0, 0.1) is 13.8 Å². The van der Waals surface area contributed by atoms with E-state index in [0.29, 0.717) is 5.75 Å². The summed E-state index contributed by atoms with van der Waals surface area (Å²) in [6, 6.07) is 12.1. The number of rotatable bonds is 2. The molecule has 2 aromatic heterocycles. The zero-order chi connectivity index (χ0) is 16.0. The van der Waals surface area contributed by atoms with Crippen LogP contribution in [0.25, 0.3) is 5.65 Å². The van der Waals surface area contributed by atoms with Gasteiger partial charge in [-0.3, -0.25) is 0 Å². The van der Waals surface area contributed by atoms with Crippen molar-refractivity contribution in [1.82, 2.24) is 9.38 Å². The second kappa shape index (κ2) is 5.39. The maximum absolute atomic E-state index is 10.5. The van der Waals surface area contributed by atoms with Crippen LogP contribution in [0.3, 0.4) is 0 Å². The van der Waals surface area contributed by atoms with Gasteiger partial charge >= 0.3 is 0 Å². The number of aryl methyl sites for hydroxylation is 3. The Bertz CT molecular complexity index is 869. The number of nitrogens with zero attached hydrogens (tertiary/aromatic N) is 2. The van der Waals surface area contributed by atoms with E-state index < -0.39 is 6.10 Å². The lowest BCUT2D eigenvalue weighted by Gasteiger charge is -2.30. The van der Waals surface area contributed by atoms with E-state index in [4.69, 9.17) is 4.74 Å². The molecule has 4 heteroatoms. The van der Waals surface area contributed by atoms with Gasteiger partial charge in [-0.25, -0.2) is 4.98 Å². The Hall–Kier alpha value is -2.33. The first-order valence-electron chi connectivity index (χ1n) is 8.02. The van der Waals surface area contributed by atoms with Crippen molar-refractivity contribution in [3.8, 4) is 5.75 Å². The molecule has 1 aliphatic rings. The Morgan fingerprint density at radius 2 is 2.00 bits per heavy atom.